The van der Waals surface area contributed by atoms with E-state index in [1.807, 2.05) is 72.8 Å². The first kappa shape index (κ1) is 25.6. The monoisotopic (exact) mass is 564 g/mol. The number of ether oxygens (including phenoxy) is 2. The van der Waals surface area contributed by atoms with Gasteiger partial charge in [0.1, 0.15) is 24.6 Å². The van der Waals surface area contributed by atoms with Crippen molar-refractivity contribution < 1.29 is 19.1 Å². The van der Waals surface area contributed by atoms with Crippen molar-refractivity contribution in [1.29, 1.82) is 0 Å². The Morgan fingerprint density at radius 3 is 2.42 bits per heavy atom. The molecule has 0 N–H and O–H groups in total. The average Bonchev–Trinajstić information content (AvgIpc) is 3.12. The lowest BCUT2D eigenvalue weighted by atomic mass is 10.1. The molecule has 1 fully saturated rings. The Balaban J connectivity index is 1.72. The Hall–Kier alpha value is -3.49. The van der Waals surface area contributed by atoms with Crippen LogP contribution in [-0.4, -0.2) is 35.5 Å². The van der Waals surface area contributed by atoms with E-state index in [9.17, 15) is 9.59 Å². The van der Waals surface area contributed by atoms with Gasteiger partial charge in [-0.2, -0.15) is 0 Å². The van der Waals surface area contributed by atoms with Crippen LogP contribution < -0.4 is 9.64 Å². The van der Waals surface area contributed by atoms with E-state index in [1.54, 1.807) is 6.08 Å². The van der Waals surface area contributed by atoms with Crippen LogP contribution in [0.25, 0.3) is 6.08 Å². The first-order valence-corrected chi connectivity index (χ1v) is 12.6. The molecule has 1 saturated heterocycles. The van der Waals surface area contributed by atoms with Crippen molar-refractivity contribution in [2.24, 2.45) is 0 Å². The molecule has 3 aromatic carbocycles. The number of rotatable bonds is 8. The third-order valence-corrected chi connectivity index (χ3v) is 6.65. The van der Waals surface area contributed by atoms with Gasteiger partial charge in [0, 0.05) is 10.0 Å². The fourth-order valence-corrected chi connectivity index (χ4v) is 4.51. The minimum absolute atomic E-state index is 0.190. The first-order chi connectivity index (χ1) is 17.4. The molecular weight excluding hydrogens is 540 g/mol. The van der Waals surface area contributed by atoms with Crippen molar-refractivity contribution in [3.63, 3.8) is 0 Å². The number of carbonyl (C=O) groups excluding carboxylic acids is 2. The zero-order valence-electron chi connectivity index (χ0n) is 19.9. The van der Waals surface area contributed by atoms with Crippen molar-refractivity contribution in [2.75, 3.05) is 18.6 Å². The fourth-order valence-electron chi connectivity index (χ4n) is 3.78. The molecule has 1 amide bonds. The Labute approximate surface area is 224 Å². The Morgan fingerprint density at radius 1 is 1.03 bits per heavy atom. The van der Waals surface area contributed by atoms with E-state index >= 15 is 0 Å². The maximum Gasteiger partial charge on any atom is 0.325 e. The molecule has 184 valence electrons. The molecule has 3 aromatic rings. The number of esters is 1. The molecule has 0 radical (unpaired) electrons. The van der Waals surface area contributed by atoms with E-state index < -0.39 is 5.97 Å². The Kier molecular flexibility index (Phi) is 8.18. The highest BCUT2D eigenvalue weighted by molar-refractivity contribution is 9.10. The maximum absolute atomic E-state index is 13.7. The van der Waals surface area contributed by atoms with Gasteiger partial charge in [-0.3, -0.25) is 14.5 Å². The van der Waals surface area contributed by atoms with Gasteiger partial charge in [-0.15, -0.1) is 0 Å². The highest BCUT2D eigenvalue weighted by Crippen LogP contribution is 2.32. The van der Waals surface area contributed by atoms with Crippen LogP contribution >= 0.6 is 28.1 Å². The molecule has 0 spiro atoms. The van der Waals surface area contributed by atoms with Gasteiger partial charge in [-0.1, -0.05) is 65.3 Å². The summed E-state index contributed by atoms with van der Waals surface area (Å²) in [5.74, 6) is -0.242. The summed E-state index contributed by atoms with van der Waals surface area (Å²) in [6.45, 7) is 2.24. The molecule has 4 rings (SSSR count). The average molecular weight is 565 g/mol. The number of amides is 1. The van der Waals surface area contributed by atoms with E-state index in [4.69, 9.17) is 21.7 Å². The SMILES string of the molecule is CCc1ccc(N2C(=O)/C(=C/c3cc(Br)ccc3OCc3ccccc3)N(CC(=O)OC)C2=S)cc1. The van der Waals surface area contributed by atoms with Gasteiger partial charge in [-0.25, -0.2) is 0 Å². The van der Waals surface area contributed by atoms with Crippen molar-refractivity contribution in [3.05, 3.63) is 99.7 Å². The number of carbonyl (C=O) groups is 2. The molecule has 0 saturated carbocycles. The molecule has 0 bridgehead atoms. The summed E-state index contributed by atoms with van der Waals surface area (Å²) in [5.41, 5.74) is 3.73. The summed E-state index contributed by atoms with van der Waals surface area (Å²) < 4.78 is 11.8. The van der Waals surface area contributed by atoms with Crippen LogP contribution in [0.3, 0.4) is 0 Å². The molecule has 8 heteroatoms. The van der Waals surface area contributed by atoms with Crippen LogP contribution in [0, 0.1) is 0 Å². The zero-order valence-corrected chi connectivity index (χ0v) is 22.3. The number of hydrogen-bond acceptors (Lipinski definition) is 5. The van der Waals surface area contributed by atoms with Crippen LogP contribution in [-0.2, 0) is 27.4 Å². The highest BCUT2D eigenvalue weighted by Gasteiger charge is 2.40. The van der Waals surface area contributed by atoms with E-state index in [0.29, 0.717) is 23.6 Å². The molecule has 1 heterocycles. The molecule has 36 heavy (non-hydrogen) atoms. The van der Waals surface area contributed by atoms with Crippen LogP contribution in [0.15, 0.2) is 83.0 Å². The third kappa shape index (κ3) is 5.66. The topological polar surface area (TPSA) is 59.1 Å². The fraction of sp³-hybridized carbons (Fsp3) is 0.179. The number of nitrogens with zero attached hydrogens (tertiary/aromatic N) is 2. The van der Waals surface area contributed by atoms with Gasteiger partial charge in [0.25, 0.3) is 5.91 Å². The Morgan fingerprint density at radius 2 is 1.75 bits per heavy atom. The summed E-state index contributed by atoms with van der Waals surface area (Å²) in [6, 6.07) is 23.0. The molecular formula is C28H25BrN2O4S. The lowest BCUT2D eigenvalue weighted by Crippen LogP contribution is -2.35. The summed E-state index contributed by atoms with van der Waals surface area (Å²) in [4.78, 5) is 28.8. The van der Waals surface area contributed by atoms with Crippen molar-refractivity contribution in [3.8, 4) is 5.75 Å². The number of hydrogen-bond donors (Lipinski definition) is 0. The van der Waals surface area contributed by atoms with Gasteiger partial charge in [0.2, 0.25) is 0 Å². The normalized spacial score (nSPS) is 14.5. The Bertz CT molecular complexity index is 1310. The quantitative estimate of drug-likeness (QED) is 0.197. The first-order valence-electron chi connectivity index (χ1n) is 11.4. The second-order valence-corrected chi connectivity index (χ2v) is 9.37. The summed E-state index contributed by atoms with van der Waals surface area (Å²) >= 11 is 9.16. The molecule has 0 aliphatic carbocycles. The van der Waals surface area contributed by atoms with E-state index in [1.165, 1.54) is 16.9 Å². The second-order valence-electron chi connectivity index (χ2n) is 8.09. The van der Waals surface area contributed by atoms with E-state index in [0.717, 1.165) is 22.0 Å². The summed E-state index contributed by atoms with van der Waals surface area (Å²) in [6.07, 6.45) is 2.58. The third-order valence-electron chi connectivity index (χ3n) is 5.75. The minimum Gasteiger partial charge on any atom is -0.488 e. The minimum atomic E-state index is -0.506. The smallest absolute Gasteiger partial charge is 0.325 e. The molecule has 6 nitrogen and oxygen atoms in total. The van der Waals surface area contributed by atoms with Gasteiger partial charge in [0.05, 0.1) is 12.8 Å². The predicted octanol–water partition coefficient (Wildman–Crippen LogP) is 5.74. The van der Waals surface area contributed by atoms with Gasteiger partial charge >= 0.3 is 5.97 Å². The molecule has 0 aromatic heterocycles. The van der Waals surface area contributed by atoms with E-state index in [-0.39, 0.29) is 23.3 Å². The number of methoxy groups -OCH3 is 1. The molecule has 0 unspecified atom stereocenters. The van der Waals surface area contributed by atoms with Crippen LogP contribution in [0.1, 0.15) is 23.6 Å². The summed E-state index contributed by atoms with van der Waals surface area (Å²) in [7, 11) is 1.30. The van der Waals surface area contributed by atoms with Gasteiger partial charge in [0.15, 0.2) is 5.11 Å². The largest absolute Gasteiger partial charge is 0.488 e. The van der Waals surface area contributed by atoms with E-state index in [2.05, 4.69) is 22.9 Å². The van der Waals surface area contributed by atoms with Crippen molar-refractivity contribution >= 4 is 56.9 Å². The lowest BCUT2D eigenvalue weighted by molar-refractivity contribution is -0.140. The highest BCUT2D eigenvalue weighted by atomic mass is 79.9. The van der Waals surface area contributed by atoms with Crippen LogP contribution in [0.2, 0.25) is 0 Å². The molecule has 0 atom stereocenters. The van der Waals surface area contributed by atoms with Crippen molar-refractivity contribution in [1.82, 2.24) is 4.90 Å². The van der Waals surface area contributed by atoms with Crippen LogP contribution in [0.4, 0.5) is 5.69 Å². The van der Waals surface area contributed by atoms with Crippen molar-refractivity contribution in [2.45, 2.75) is 20.0 Å². The number of halogens is 1. The number of benzene rings is 3. The maximum atomic E-state index is 13.7. The predicted molar refractivity (Wildman–Crippen MR) is 148 cm³/mol. The standard InChI is InChI=1S/C28H25BrN2O4S/c1-3-19-9-12-23(13-10-19)31-27(33)24(30(28(31)36)17-26(32)34-2)16-21-15-22(29)11-14-25(21)35-18-20-7-5-4-6-8-20/h4-16H,3,17-18H2,1-2H3/b24-16-. The lowest BCUT2D eigenvalue weighted by Gasteiger charge is -2.19. The van der Waals surface area contributed by atoms with Gasteiger partial charge in [-0.05, 0) is 66.2 Å². The zero-order chi connectivity index (χ0) is 25.7. The molecule has 1 aliphatic heterocycles. The summed E-state index contributed by atoms with van der Waals surface area (Å²) in [5, 5.41) is 0.211. The van der Waals surface area contributed by atoms with Crippen LogP contribution in [0.5, 0.6) is 5.75 Å². The second kappa shape index (κ2) is 11.5. The number of aryl methyl sites for hydroxylation is 1. The number of thiocarbonyl (C=S) groups is 1. The molecule has 1 aliphatic rings. The van der Waals surface area contributed by atoms with Gasteiger partial charge < -0.3 is 14.4 Å². The number of anilines is 1.